The van der Waals surface area contributed by atoms with Gasteiger partial charge in [0.05, 0.1) is 15.2 Å². The summed E-state index contributed by atoms with van der Waals surface area (Å²) < 4.78 is 66.6. The van der Waals surface area contributed by atoms with Gasteiger partial charge in [0.2, 0.25) is 0 Å². The van der Waals surface area contributed by atoms with Gasteiger partial charge in [0, 0.05) is 35.5 Å². The standard InChI is InChI=1S/C21H20ClF3N2O3S/c1-27-13-3-4-14(27)10-15(9-13)31(29,30)19-6-11(2-5-16(19)22)21(28)26-12-7-17(23)20(25)18(24)8-12/h2,5-8,13-15H,3-4,9-10H2,1H3,(H,26,28)/t13-,14?,15-/m0/s1. The van der Waals surface area contributed by atoms with Gasteiger partial charge in [-0.05, 0) is 50.9 Å². The van der Waals surface area contributed by atoms with Crippen molar-refractivity contribution in [2.24, 2.45) is 0 Å². The van der Waals surface area contributed by atoms with E-state index in [2.05, 4.69) is 10.2 Å². The molecule has 2 aromatic carbocycles. The highest BCUT2D eigenvalue weighted by molar-refractivity contribution is 7.92. The van der Waals surface area contributed by atoms with Crippen molar-refractivity contribution < 1.29 is 26.4 Å². The molecule has 2 heterocycles. The van der Waals surface area contributed by atoms with Crippen LogP contribution in [-0.2, 0) is 9.84 Å². The van der Waals surface area contributed by atoms with Gasteiger partial charge in [-0.1, -0.05) is 11.6 Å². The van der Waals surface area contributed by atoms with Crippen molar-refractivity contribution in [3.8, 4) is 0 Å². The van der Waals surface area contributed by atoms with Crippen LogP contribution in [0.15, 0.2) is 35.2 Å². The first kappa shape index (κ1) is 22.1. The molecule has 2 fully saturated rings. The number of rotatable bonds is 4. The molecular weight excluding hydrogens is 453 g/mol. The normalized spacial score (nSPS) is 23.7. The Hall–Kier alpha value is -2.10. The third-order valence-electron chi connectivity index (χ3n) is 6.24. The molecule has 0 spiro atoms. The third-order valence-corrected chi connectivity index (χ3v) is 8.89. The fourth-order valence-electron chi connectivity index (χ4n) is 4.49. The van der Waals surface area contributed by atoms with Crippen LogP contribution in [0.3, 0.4) is 0 Å². The second kappa shape index (κ2) is 8.11. The molecule has 2 aliphatic rings. The summed E-state index contributed by atoms with van der Waals surface area (Å²) in [6.07, 6.45) is 2.90. The molecule has 10 heteroatoms. The van der Waals surface area contributed by atoms with Gasteiger partial charge in [-0.15, -0.1) is 0 Å². The largest absolute Gasteiger partial charge is 0.322 e. The Morgan fingerprint density at radius 2 is 1.65 bits per heavy atom. The Morgan fingerprint density at radius 1 is 1.06 bits per heavy atom. The first-order valence-electron chi connectivity index (χ1n) is 9.79. The maximum absolute atomic E-state index is 13.4. The number of anilines is 1. The summed E-state index contributed by atoms with van der Waals surface area (Å²) in [4.78, 5) is 14.6. The van der Waals surface area contributed by atoms with Crippen LogP contribution in [-0.4, -0.2) is 43.6 Å². The summed E-state index contributed by atoms with van der Waals surface area (Å²) in [5.74, 6) is -5.36. The molecule has 3 atom stereocenters. The third kappa shape index (κ3) is 4.06. The van der Waals surface area contributed by atoms with Crippen molar-refractivity contribution in [2.45, 2.75) is 47.9 Å². The van der Waals surface area contributed by atoms with E-state index >= 15 is 0 Å². The quantitative estimate of drug-likeness (QED) is 0.669. The van der Waals surface area contributed by atoms with Gasteiger partial charge < -0.3 is 10.2 Å². The molecule has 4 rings (SSSR count). The van der Waals surface area contributed by atoms with E-state index in [1.54, 1.807) is 0 Å². The van der Waals surface area contributed by atoms with Crippen molar-refractivity contribution in [1.29, 1.82) is 0 Å². The van der Waals surface area contributed by atoms with E-state index in [0.717, 1.165) is 12.8 Å². The molecule has 1 amide bonds. The summed E-state index contributed by atoms with van der Waals surface area (Å²) in [6, 6.07) is 5.46. The lowest BCUT2D eigenvalue weighted by atomic mass is 10.0. The number of benzene rings is 2. The Balaban J connectivity index is 1.60. The SMILES string of the molecule is CN1C2CC[C@H]1C[C@H](S(=O)(=O)c1cc(C(=O)Nc3cc(F)c(F)c(F)c3)ccc1Cl)C2. The molecule has 1 N–H and O–H groups in total. The van der Waals surface area contributed by atoms with Gasteiger partial charge in [-0.2, -0.15) is 0 Å². The van der Waals surface area contributed by atoms with E-state index < -0.39 is 38.4 Å². The zero-order valence-corrected chi connectivity index (χ0v) is 18.1. The number of amides is 1. The Labute approximate surface area is 183 Å². The molecule has 31 heavy (non-hydrogen) atoms. The van der Waals surface area contributed by atoms with E-state index in [1.807, 2.05) is 7.05 Å². The minimum Gasteiger partial charge on any atom is -0.322 e. The van der Waals surface area contributed by atoms with Crippen LogP contribution in [0, 0.1) is 17.5 Å². The Kier molecular flexibility index (Phi) is 5.78. The Bertz CT molecular complexity index is 1120. The number of fused-ring (bicyclic) bond motifs is 2. The number of halogens is 4. The highest BCUT2D eigenvalue weighted by Gasteiger charge is 2.44. The smallest absolute Gasteiger partial charge is 0.255 e. The molecule has 2 bridgehead atoms. The molecule has 1 unspecified atom stereocenters. The highest BCUT2D eigenvalue weighted by Crippen LogP contribution is 2.40. The average molecular weight is 473 g/mol. The minimum absolute atomic E-state index is 0.00157. The summed E-state index contributed by atoms with van der Waals surface area (Å²) in [6.45, 7) is 0. The second-order valence-electron chi connectivity index (χ2n) is 8.04. The predicted octanol–water partition coefficient (Wildman–Crippen LogP) is 4.41. The van der Waals surface area contributed by atoms with Crippen molar-refractivity contribution in [3.63, 3.8) is 0 Å². The van der Waals surface area contributed by atoms with Crippen LogP contribution in [0.25, 0.3) is 0 Å². The molecule has 0 aliphatic carbocycles. The topological polar surface area (TPSA) is 66.5 Å². The number of carbonyl (C=O) groups excluding carboxylic acids is 1. The molecule has 0 radical (unpaired) electrons. The lowest BCUT2D eigenvalue weighted by Crippen LogP contribution is -2.44. The van der Waals surface area contributed by atoms with Gasteiger partial charge in [0.15, 0.2) is 27.3 Å². The van der Waals surface area contributed by atoms with Crippen LogP contribution >= 0.6 is 11.6 Å². The van der Waals surface area contributed by atoms with Crippen LogP contribution in [0.1, 0.15) is 36.0 Å². The summed E-state index contributed by atoms with van der Waals surface area (Å²) in [5, 5.41) is 1.65. The maximum atomic E-state index is 13.4. The molecule has 166 valence electrons. The number of sulfone groups is 1. The summed E-state index contributed by atoms with van der Waals surface area (Å²) in [7, 11) is -1.79. The fraction of sp³-hybridized carbons (Fsp3) is 0.381. The van der Waals surface area contributed by atoms with Crippen molar-refractivity contribution in [3.05, 3.63) is 58.4 Å². The highest BCUT2D eigenvalue weighted by atomic mass is 35.5. The lowest BCUT2D eigenvalue weighted by Gasteiger charge is -2.36. The monoisotopic (exact) mass is 472 g/mol. The van der Waals surface area contributed by atoms with E-state index in [4.69, 9.17) is 11.6 Å². The van der Waals surface area contributed by atoms with Crippen LogP contribution in [0.4, 0.5) is 18.9 Å². The predicted molar refractivity (Wildman–Crippen MR) is 111 cm³/mol. The molecular formula is C21H20ClF3N2O3S. The van der Waals surface area contributed by atoms with E-state index in [-0.39, 0.29) is 33.3 Å². The maximum Gasteiger partial charge on any atom is 0.255 e. The number of piperidine rings is 1. The molecule has 0 saturated carbocycles. The van der Waals surface area contributed by atoms with E-state index in [0.29, 0.717) is 25.0 Å². The summed E-state index contributed by atoms with van der Waals surface area (Å²) >= 11 is 6.18. The number of carbonyl (C=O) groups is 1. The number of hydrogen-bond donors (Lipinski definition) is 1. The second-order valence-corrected chi connectivity index (χ2v) is 10.6. The van der Waals surface area contributed by atoms with Gasteiger partial charge in [-0.25, -0.2) is 21.6 Å². The van der Waals surface area contributed by atoms with Crippen LogP contribution in [0.5, 0.6) is 0 Å². The van der Waals surface area contributed by atoms with E-state index in [1.165, 1.54) is 18.2 Å². The van der Waals surface area contributed by atoms with Gasteiger partial charge in [0.25, 0.3) is 5.91 Å². The molecule has 0 aromatic heterocycles. The van der Waals surface area contributed by atoms with Crippen molar-refractivity contribution >= 4 is 33.0 Å². The van der Waals surface area contributed by atoms with Crippen LogP contribution in [0.2, 0.25) is 5.02 Å². The number of hydrogen-bond acceptors (Lipinski definition) is 4. The average Bonchev–Trinajstić information content (AvgIpc) is 2.91. The van der Waals surface area contributed by atoms with Crippen molar-refractivity contribution in [1.82, 2.24) is 4.90 Å². The summed E-state index contributed by atoms with van der Waals surface area (Å²) in [5.41, 5.74) is -0.350. The fourth-order valence-corrected chi connectivity index (χ4v) is 6.87. The van der Waals surface area contributed by atoms with Gasteiger partial charge in [0.1, 0.15) is 0 Å². The molecule has 2 aliphatic heterocycles. The van der Waals surface area contributed by atoms with Crippen molar-refractivity contribution in [2.75, 3.05) is 12.4 Å². The zero-order valence-electron chi connectivity index (χ0n) is 16.5. The molecule has 2 aromatic rings. The minimum atomic E-state index is -3.80. The van der Waals surface area contributed by atoms with Crippen LogP contribution < -0.4 is 5.32 Å². The van der Waals surface area contributed by atoms with E-state index in [9.17, 15) is 26.4 Å². The van der Waals surface area contributed by atoms with Gasteiger partial charge >= 0.3 is 0 Å². The lowest BCUT2D eigenvalue weighted by molar-refractivity contribution is 0.102. The number of nitrogens with zero attached hydrogens (tertiary/aromatic N) is 1. The number of nitrogens with one attached hydrogen (secondary N) is 1. The van der Waals surface area contributed by atoms with Gasteiger partial charge in [-0.3, -0.25) is 4.79 Å². The Morgan fingerprint density at radius 3 is 2.23 bits per heavy atom. The first-order chi connectivity index (χ1) is 14.6. The molecule has 2 saturated heterocycles. The molecule has 5 nitrogen and oxygen atoms in total. The zero-order chi connectivity index (χ0) is 22.5. The first-order valence-corrected chi connectivity index (χ1v) is 11.7.